The molecule has 2 aromatic carbocycles. The van der Waals surface area contributed by atoms with Crippen LogP contribution in [0.2, 0.25) is 0 Å². The second-order valence-corrected chi connectivity index (χ2v) is 6.46. The summed E-state index contributed by atoms with van der Waals surface area (Å²) >= 11 is 0. The molecule has 0 saturated heterocycles. The maximum Gasteiger partial charge on any atom is 0.307 e. The summed E-state index contributed by atoms with van der Waals surface area (Å²) < 4.78 is 16.3. The Hall–Kier alpha value is -3.15. The highest BCUT2D eigenvalue weighted by atomic mass is 16.5. The zero-order valence-corrected chi connectivity index (χ0v) is 16.1. The highest BCUT2D eigenvalue weighted by Crippen LogP contribution is 2.43. The predicted molar refractivity (Wildman–Crippen MR) is 104 cm³/mol. The molecule has 0 radical (unpaired) electrons. The van der Waals surface area contributed by atoms with Crippen molar-refractivity contribution in [3.63, 3.8) is 0 Å². The summed E-state index contributed by atoms with van der Waals surface area (Å²) in [6.45, 7) is 4.01. The zero-order valence-electron chi connectivity index (χ0n) is 16.1. The highest BCUT2D eigenvalue weighted by molar-refractivity contribution is 5.97. The van der Waals surface area contributed by atoms with Crippen molar-refractivity contribution in [3.05, 3.63) is 41.0 Å². The number of carboxylic acid groups (broad SMARTS) is 1. The van der Waals surface area contributed by atoms with E-state index >= 15 is 0 Å². The normalized spacial score (nSPS) is 10.9. The number of benzene rings is 2. The van der Waals surface area contributed by atoms with Gasteiger partial charge in [-0.1, -0.05) is 11.6 Å². The van der Waals surface area contributed by atoms with Crippen molar-refractivity contribution in [2.45, 2.75) is 20.3 Å². The van der Waals surface area contributed by atoms with Gasteiger partial charge in [-0.3, -0.25) is 4.79 Å². The molecule has 0 spiro atoms. The number of methoxy groups -OCH3 is 3. The Bertz CT molecular complexity index is 1020. The summed E-state index contributed by atoms with van der Waals surface area (Å²) in [7, 11) is 4.69. The van der Waals surface area contributed by atoms with E-state index in [-0.39, 0.29) is 6.42 Å². The minimum atomic E-state index is -0.893. The predicted octanol–water partition coefficient (Wildman–Crippen LogP) is 4.10. The summed E-state index contributed by atoms with van der Waals surface area (Å²) in [5.74, 6) is 0.762. The Labute approximate surface area is 157 Å². The molecule has 1 aromatic heterocycles. The first-order chi connectivity index (χ1) is 12.9. The average molecular weight is 369 g/mol. The van der Waals surface area contributed by atoms with Gasteiger partial charge in [0.15, 0.2) is 11.5 Å². The maximum atomic E-state index is 11.6. The van der Waals surface area contributed by atoms with Gasteiger partial charge in [-0.15, -0.1) is 0 Å². The standard InChI is InChI=1S/C21H23NO5/c1-11-6-12(2)20-13(7-11)14(9-19(23)24)21(22-20)15-8-17(26-4)18(27-5)10-16(15)25-3/h6-8,10,22H,9H2,1-5H3,(H,23,24). The Kier molecular flexibility index (Phi) is 4.99. The van der Waals surface area contributed by atoms with Gasteiger partial charge >= 0.3 is 5.97 Å². The lowest BCUT2D eigenvalue weighted by Gasteiger charge is -2.14. The number of aromatic nitrogens is 1. The molecule has 3 aromatic rings. The van der Waals surface area contributed by atoms with Gasteiger partial charge in [-0.2, -0.15) is 0 Å². The van der Waals surface area contributed by atoms with Crippen molar-refractivity contribution in [1.82, 2.24) is 4.98 Å². The first-order valence-electron chi connectivity index (χ1n) is 8.53. The zero-order chi connectivity index (χ0) is 19.7. The molecule has 0 bridgehead atoms. The Morgan fingerprint density at radius 2 is 1.59 bits per heavy atom. The van der Waals surface area contributed by atoms with Crippen LogP contribution in [-0.4, -0.2) is 37.4 Å². The number of aryl methyl sites for hydroxylation is 2. The molecule has 142 valence electrons. The van der Waals surface area contributed by atoms with Crippen LogP contribution in [0.25, 0.3) is 22.2 Å². The quantitative estimate of drug-likeness (QED) is 0.684. The molecule has 6 nitrogen and oxygen atoms in total. The topological polar surface area (TPSA) is 80.8 Å². The van der Waals surface area contributed by atoms with E-state index in [0.29, 0.717) is 22.9 Å². The van der Waals surface area contributed by atoms with E-state index in [2.05, 4.69) is 11.1 Å². The lowest BCUT2D eigenvalue weighted by Crippen LogP contribution is -2.02. The summed E-state index contributed by atoms with van der Waals surface area (Å²) in [6.07, 6.45) is -0.101. The van der Waals surface area contributed by atoms with Gasteiger partial charge in [0.05, 0.1) is 33.4 Å². The number of aliphatic carboxylic acids is 1. The van der Waals surface area contributed by atoms with E-state index in [9.17, 15) is 9.90 Å². The lowest BCUT2D eigenvalue weighted by molar-refractivity contribution is -0.136. The maximum absolute atomic E-state index is 11.6. The third kappa shape index (κ3) is 3.30. The fourth-order valence-electron chi connectivity index (χ4n) is 3.50. The van der Waals surface area contributed by atoms with Crippen LogP contribution in [0.4, 0.5) is 0 Å². The van der Waals surface area contributed by atoms with Crippen LogP contribution < -0.4 is 14.2 Å². The number of carboxylic acids is 1. The summed E-state index contributed by atoms with van der Waals surface area (Å²) in [5.41, 5.74) is 5.20. The SMILES string of the molecule is COc1cc(OC)c(-c2[nH]c3c(C)cc(C)cc3c2CC(=O)O)cc1OC. The van der Waals surface area contributed by atoms with Gasteiger partial charge in [-0.25, -0.2) is 0 Å². The number of hydrogen-bond donors (Lipinski definition) is 2. The van der Waals surface area contributed by atoms with Crippen molar-refractivity contribution in [1.29, 1.82) is 0 Å². The third-order valence-electron chi connectivity index (χ3n) is 4.66. The van der Waals surface area contributed by atoms with Gasteiger partial charge in [0.25, 0.3) is 0 Å². The van der Waals surface area contributed by atoms with Crippen molar-refractivity contribution >= 4 is 16.9 Å². The van der Waals surface area contributed by atoms with Gasteiger partial charge < -0.3 is 24.3 Å². The molecule has 0 amide bonds. The van der Waals surface area contributed by atoms with Crippen LogP contribution in [0.3, 0.4) is 0 Å². The van der Waals surface area contributed by atoms with Crippen molar-refractivity contribution in [2.24, 2.45) is 0 Å². The molecule has 27 heavy (non-hydrogen) atoms. The molecule has 2 N–H and O–H groups in total. The molecular formula is C21H23NO5. The van der Waals surface area contributed by atoms with Crippen LogP contribution in [0.15, 0.2) is 24.3 Å². The van der Waals surface area contributed by atoms with Gasteiger partial charge in [0.1, 0.15) is 5.75 Å². The number of rotatable bonds is 6. The molecule has 0 fully saturated rings. The van der Waals surface area contributed by atoms with Crippen molar-refractivity contribution < 1.29 is 24.1 Å². The van der Waals surface area contributed by atoms with Crippen LogP contribution >= 0.6 is 0 Å². The number of carbonyl (C=O) groups is 1. The second-order valence-electron chi connectivity index (χ2n) is 6.46. The van der Waals surface area contributed by atoms with Gasteiger partial charge in [-0.05, 0) is 37.1 Å². The molecule has 0 unspecified atom stereocenters. The molecule has 3 rings (SSSR count). The molecule has 0 saturated carbocycles. The second kappa shape index (κ2) is 7.23. The number of H-pyrrole nitrogens is 1. The highest BCUT2D eigenvalue weighted by Gasteiger charge is 2.22. The molecular weight excluding hydrogens is 346 g/mol. The van der Waals surface area contributed by atoms with E-state index in [0.717, 1.165) is 33.2 Å². The van der Waals surface area contributed by atoms with Gasteiger partial charge in [0.2, 0.25) is 0 Å². The van der Waals surface area contributed by atoms with Crippen LogP contribution in [0.5, 0.6) is 17.2 Å². The van der Waals surface area contributed by atoms with Crippen molar-refractivity contribution in [2.75, 3.05) is 21.3 Å². The first-order valence-corrected chi connectivity index (χ1v) is 8.53. The number of fused-ring (bicyclic) bond motifs is 1. The smallest absolute Gasteiger partial charge is 0.307 e. The van der Waals surface area contributed by atoms with Gasteiger partial charge in [0, 0.05) is 22.5 Å². The Balaban J connectivity index is 2.37. The van der Waals surface area contributed by atoms with Crippen LogP contribution in [0, 0.1) is 13.8 Å². The Morgan fingerprint density at radius 1 is 0.963 bits per heavy atom. The van der Waals surface area contributed by atoms with Crippen LogP contribution in [-0.2, 0) is 11.2 Å². The van der Waals surface area contributed by atoms with Crippen molar-refractivity contribution in [3.8, 4) is 28.5 Å². The molecule has 1 heterocycles. The fourth-order valence-corrected chi connectivity index (χ4v) is 3.50. The number of nitrogens with one attached hydrogen (secondary N) is 1. The van der Waals surface area contributed by atoms with E-state index < -0.39 is 5.97 Å². The average Bonchev–Trinajstić information content (AvgIpc) is 2.98. The minimum absolute atomic E-state index is 0.101. The van der Waals surface area contributed by atoms with E-state index in [1.807, 2.05) is 19.9 Å². The monoisotopic (exact) mass is 369 g/mol. The number of hydrogen-bond acceptors (Lipinski definition) is 4. The summed E-state index contributed by atoms with van der Waals surface area (Å²) in [4.78, 5) is 15.0. The largest absolute Gasteiger partial charge is 0.496 e. The summed E-state index contributed by atoms with van der Waals surface area (Å²) in [5, 5.41) is 10.4. The lowest BCUT2D eigenvalue weighted by atomic mass is 9.99. The first kappa shape index (κ1) is 18.6. The number of aromatic amines is 1. The van der Waals surface area contributed by atoms with E-state index in [1.165, 1.54) is 0 Å². The summed E-state index contributed by atoms with van der Waals surface area (Å²) in [6, 6.07) is 7.62. The molecule has 0 atom stereocenters. The number of ether oxygens (including phenoxy) is 3. The molecule has 0 aliphatic heterocycles. The van der Waals surface area contributed by atoms with E-state index in [4.69, 9.17) is 14.2 Å². The van der Waals surface area contributed by atoms with E-state index in [1.54, 1.807) is 33.5 Å². The minimum Gasteiger partial charge on any atom is -0.496 e. The fraction of sp³-hybridized carbons (Fsp3) is 0.286. The Morgan fingerprint density at radius 3 is 2.19 bits per heavy atom. The molecule has 6 heteroatoms. The molecule has 0 aliphatic carbocycles. The third-order valence-corrected chi connectivity index (χ3v) is 4.66. The van der Waals surface area contributed by atoms with Crippen LogP contribution in [0.1, 0.15) is 16.7 Å². The molecule has 0 aliphatic rings.